The molecule has 152 valence electrons. The van der Waals surface area contributed by atoms with Crippen molar-refractivity contribution in [3.63, 3.8) is 0 Å². The van der Waals surface area contributed by atoms with Crippen LogP contribution in [0.25, 0.3) is 0 Å². The summed E-state index contributed by atoms with van der Waals surface area (Å²) in [6, 6.07) is 13.8. The highest BCUT2D eigenvalue weighted by Crippen LogP contribution is 2.27. The minimum absolute atomic E-state index is 0.106. The van der Waals surface area contributed by atoms with E-state index in [0.717, 1.165) is 23.9 Å². The monoisotopic (exact) mass is 415 g/mol. The van der Waals surface area contributed by atoms with Gasteiger partial charge < -0.3 is 14.5 Å². The van der Waals surface area contributed by atoms with Crippen LogP contribution in [0.5, 0.6) is 5.75 Å². The smallest absolute Gasteiger partial charge is 0.277 e. The van der Waals surface area contributed by atoms with Crippen molar-refractivity contribution in [3.8, 4) is 5.75 Å². The highest BCUT2D eigenvalue weighted by molar-refractivity contribution is 8.00. The molecule has 0 spiro atoms. The quantitative estimate of drug-likeness (QED) is 0.520. The van der Waals surface area contributed by atoms with Crippen molar-refractivity contribution in [1.29, 1.82) is 0 Å². The minimum atomic E-state index is -0.630. The molecule has 0 bridgehead atoms. The molecule has 0 radical (unpaired) electrons. The fourth-order valence-corrected chi connectivity index (χ4v) is 3.18. The number of carbonyl (C=O) groups excluding carboxylic acids is 1. The lowest BCUT2D eigenvalue weighted by atomic mass is 10.1. The Hall–Kier alpha value is -2.87. The fourth-order valence-electron chi connectivity index (χ4n) is 2.49. The number of halogens is 1. The summed E-state index contributed by atoms with van der Waals surface area (Å²) in [6.07, 6.45) is 0.314. The Kier molecular flexibility index (Phi) is 6.87. The number of nitrogens with zero attached hydrogens (tertiary/aromatic N) is 2. The number of anilines is 1. The second-order valence-corrected chi connectivity index (χ2v) is 7.69. The normalized spacial score (nSPS) is 13.0. The largest absolute Gasteiger partial charge is 0.478 e. The van der Waals surface area contributed by atoms with Crippen molar-refractivity contribution in [1.82, 2.24) is 10.2 Å². The molecule has 2 aromatic carbocycles. The summed E-state index contributed by atoms with van der Waals surface area (Å²) in [5.41, 5.74) is 1.94. The van der Waals surface area contributed by atoms with Crippen LogP contribution in [-0.2, 0) is 11.2 Å². The summed E-state index contributed by atoms with van der Waals surface area (Å²) in [5.74, 6) is -0.326. The molecule has 2 atom stereocenters. The number of carbonyl (C=O) groups is 1. The lowest BCUT2D eigenvalue weighted by Crippen LogP contribution is -2.22. The van der Waals surface area contributed by atoms with Crippen LogP contribution in [0.3, 0.4) is 0 Å². The summed E-state index contributed by atoms with van der Waals surface area (Å²) < 4.78 is 24.8. The number of hydrogen-bond donors (Lipinski definition) is 1. The van der Waals surface area contributed by atoms with E-state index in [0.29, 0.717) is 0 Å². The van der Waals surface area contributed by atoms with Crippen LogP contribution in [0.4, 0.5) is 10.1 Å². The zero-order valence-corrected chi connectivity index (χ0v) is 17.2. The van der Waals surface area contributed by atoms with Crippen LogP contribution in [0, 0.1) is 5.82 Å². The van der Waals surface area contributed by atoms with Crippen molar-refractivity contribution in [3.05, 3.63) is 65.8 Å². The number of para-hydroxylation sites is 1. The highest BCUT2D eigenvalue weighted by Gasteiger charge is 2.21. The Morgan fingerprint density at radius 3 is 2.59 bits per heavy atom. The van der Waals surface area contributed by atoms with Crippen LogP contribution in [0.2, 0.25) is 0 Å². The molecule has 3 aromatic rings. The zero-order valence-electron chi connectivity index (χ0n) is 16.4. The first-order valence-electron chi connectivity index (χ1n) is 9.27. The first-order chi connectivity index (χ1) is 14.0. The maximum Gasteiger partial charge on any atom is 0.277 e. The van der Waals surface area contributed by atoms with Crippen molar-refractivity contribution in [2.45, 2.75) is 43.8 Å². The predicted molar refractivity (Wildman–Crippen MR) is 110 cm³/mol. The predicted octanol–water partition coefficient (Wildman–Crippen LogP) is 5.03. The first-order valence-corrected chi connectivity index (χ1v) is 10.1. The molecule has 0 aliphatic rings. The number of nitrogens with one attached hydrogen (secondary N) is 1. The van der Waals surface area contributed by atoms with Crippen molar-refractivity contribution < 1.29 is 18.3 Å². The molecule has 3 rings (SSSR count). The van der Waals surface area contributed by atoms with Gasteiger partial charge in [0.2, 0.25) is 5.91 Å². The maximum atomic E-state index is 13.7. The molecule has 6 nitrogen and oxygen atoms in total. The van der Waals surface area contributed by atoms with E-state index in [1.54, 1.807) is 26.0 Å². The molecule has 8 heteroatoms. The second kappa shape index (κ2) is 9.56. The van der Waals surface area contributed by atoms with Crippen LogP contribution < -0.4 is 10.1 Å². The third kappa shape index (κ3) is 5.57. The Bertz CT molecular complexity index is 962. The van der Waals surface area contributed by atoms with Gasteiger partial charge in [0, 0.05) is 5.69 Å². The molecule has 0 aliphatic heterocycles. The molecular formula is C21H22FN3O3S. The van der Waals surface area contributed by atoms with Gasteiger partial charge in [-0.25, -0.2) is 4.39 Å². The van der Waals surface area contributed by atoms with Gasteiger partial charge in [-0.1, -0.05) is 43.0 Å². The number of thioether (sulfide) groups is 1. The Morgan fingerprint density at radius 2 is 1.90 bits per heavy atom. The number of rotatable bonds is 8. The molecule has 1 heterocycles. The molecule has 0 aliphatic carbocycles. The van der Waals surface area contributed by atoms with E-state index in [4.69, 9.17) is 9.15 Å². The Labute approximate surface area is 172 Å². The van der Waals surface area contributed by atoms with Gasteiger partial charge >= 0.3 is 0 Å². The number of hydrogen-bond acceptors (Lipinski definition) is 6. The van der Waals surface area contributed by atoms with Crippen LogP contribution >= 0.6 is 11.8 Å². The molecule has 0 fully saturated rings. The van der Waals surface area contributed by atoms with Gasteiger partial charge in [-0.05, 0) is 50.1 Å². The first kappa shape index (κ1) is 20.9. The number of amides is 1. The average Bonchev–Trinajstić information content (AvgIpc) is 3.19. The molecule has 29 heavy (non-hydrogen) atoms. The van der Waals surface area contributed by atoms with E-state index in [9.17, 15) is 9.18 Å². The number of ether oxygens (including phenoxy) is 1. The van der Waals surface area contributed by atoms with Crippen LogP contribution in [0.1, 0.15) is 38.3 Å². The molecule has 1 aromatic heterocycles. The standard InChI is InChI=1S/C21H22FN3O3S/c1-4-15-9-11-16(12-10-15)23-19(26)14(3)29-21-25-24-20(28-21)13(2)27-18-8-6-5-7-17(18)22/h5-14H,4H2,1-3H3,(H,23,26)/t13-,14-/m1/s1. The summed E-state index contributed by atoms with van der Waals surface area (Å²) in [5, 5.41) is 10.5. The SMILES string of the molecule is CCc1ccc(NC(=O)[C@@H](C)Sc2nnc([C@@H](C)Oc3ccccc3F)o2)cc1. The summed E-state index contributed by atoms with van der Waals surface area (Å²) in [7, 11) is 0. The van der Waals surface area contributed by atoms with Gasteiger partial charge in [0.15, 0.2) is 17.7 Å². The minimum Gasteiger partial charge on any atom is -0.478 e. The third-order valence-electron chi connectivity index (χ3n) is 4.19. The molecule has 0 unspecified atom stereocenters. The lowest BCUT2D eigenvalue weighted by molar-refractivity contribution is -0.115. The van der Waals surface area contributed by atoms with Crippen molar-refractivity contribution in [2.24, 2.45) is 0 Å². The zero-order chi connectivity index (χ0) is 20.8. The highest BCUT2D eigenvalue weighted by atomic mass is 32.2. The van der Waals surface area contributed by atoms with E-state index in [1.807, 2.05) is 24.3 Å². The Balaban J connectivity index is 1.56. The van der Waals surface area contributed by atoms with E-state index < -0.39 is 17.2 Å². The van der Waals surface area contributed by atoms with E-state index in [-0.39, 0.29) is 22.8 Å². The maximum absolute atomic E-state index is 13.7. The molecule has 1 N–H and O–H groups in total. The molecule has 0 saturated carbocycles. The van der Waals surface area contributed by atoms with Gasteiger partial charge in [-0.15, -0.1) is 10.2 Å². The van der Waals surface area contributed by atoms with Gasteiger partial charge in [0.05, 0.1) is 5.25 Å². The topological polar surface area (TPSA) is 77.2 Å². The van der Waals surface area contributed by atoms with Gasteiger partial charge in [-0.2, -0.15) is 0 Å². The molecular weight excluding hydrogens is 393 g/mol. The van der Waals surface area contributed by atoms with Gasteiger partial charge in [-0.3, -0.25) is 4.79 Å². The van der Waals surface area contributed by atoms with Gasteiger partial charge in [0.1, 0.15) is 0 Å². The number of benzene rings is 2. The number of aryl methyl sites for hydroxylation is 1. The third-order valence-corrected chi connectivity index (χ3v) is 5.12. The summed E-state index contributed by atoms with van der Waals surface area (Å²) in [6.45, 7) is 5.52. The fraction of sp³-hybridized carbons (Fsp3) is 0.286. The van der Waals surface area contributed by atoms with E-state index >= 15 is 0 Å². The Morgan fingerprint density at radius 1 is 1.17 bits per heavy atom. The van der Waals surface area contributed by atoms with Crippen molar-refractivity contribution >= 4 is 23.4 Å². The molecule has 0 saturated heterocycles. The molecule has 1 amide bonds. The summed E-state index contributed by atoms with van der Waals surface area (Å²) in [4.78, 5) is 12.4. The van der Waals surface area contributed by atoms with Crippen LogP contribution in [0.15, 0.2) is 58.2 Å². The lowest BCUT2D eigenvalue weighted by Gasteiger charge is -2.11. The number of aromatic nitrogens is 2. The van der Waals surface area contributed by atoms with E-state index in [1.165, 1.54) is 17.7 Å². The van der Waals surface area contributed by atoms with Gasteiger partial charge in [0.25, 0.3) is 11.1 Å². The van der Waals surface area contributed by atoms with Crippen LogP contribution in [-0.4, -0.2) is 21.4 Å². The average molecular weight is 415 g/mol. The van der Waals surface area contributed by atoms with Crippen molar-refractivity contribution in [2.75, 3.05) is 5.32 Å². The summed E-state index contributed by atoms with van der Waals surface area (Å²) >= 11 is 1.14. The second-order valence-electron chi connectivity index (χ2n) is 6.40. The van der Waals surface area contributed by atoms with E-state index in [2.05, 4.69) is 22.4 Å².